The van der Waals surface area contributed by atoms with Crippen LogP contribution in [0.25, 0.3) is 0 Å². The summed E-state index contributed by atoms with van der Waals surface area (Å²) in [6, 6.07) is 16.1. The van der Waals surface area contributed by atoms with Gasteiger partial charge in [-0.15, -0.1) is 0 Å². The van der Waals surface area contributed by atoms with Gasteiger partial charge in [0.25, 0.3) is 11.8 Å². The highest BCUT2D eigenvalue weighted by molar-refractivity contribution is 5.99. The van der Waals surface area contributed by atoms with Crippen molar-refractivity contribution in [2.24, 2.45) is 5.92 Å². The van der Waals surface area contributed by atoms with Crippen LogP contribution in [0.3, 0.4) is 0 Å². The predicted molar refractivity (Wildman–Crippen MR) is 143 cm³/mol. The number of aryl methyl sites for hydroxylation is 1. The van der Waals surface area contributed by atoms with E-state index in [1.54, 1.807) is 9.58 Å². The van der Waals surface area contributed by atoms with E-state index < -0.39 is 11.9 Å². The lowest BCUT2D eigenvalue weighted by Crippen LogP contribution is -2.47. The maximum absolute atomic E-state index is 13.3. The van der Waals surface area contributed by atoms with Crippen LogP contribution in [0.1, 0.15) is 58.8 Å². The van der Waals surface area contributed by atoms with Crippen molar-refractivity contribution in [1.29, 1.82) is 0 Å². The number of hydrogen-bond acceptors (Lipinski definition) is 6. The number of rotatable bonds is 9. The molecule has 0 aliphatic carbocycles. The number of benzene rings is 2. The van der Waals surface area contributed by atoms with E-state index in [-0.39, 0.29) is 36.8 Å². The summed E-state index contributed by atoms with van der Waals surface area (Å²) in [5.41, 5.74) is 2.40. The molecule has 2 aliphatic rings. The summed E-state index contributed by atoms with van der Waals surface area (Å²) < 4.78 is 12.3. The molecule has 204 valence electrons. The molecule has 5 rings (SSSR count). The van der Waals surface area contributed by atoms with Gasteiger partial charge in [-0.05, 0) is 42.0 Å². The normalized spacial score (nSPS) is 15.1. The number of amides is 3. The molecule has 0 spiro atoms. The molecule has 0 saturated carbocycles. The molecule has 0 radical (unpaired) electrons. The fourth-order valence-electron chi connectivity index (χ4n) is 4.80. The Bertz CT molecular complexity index is 1350. The molecule has 1 aromatic heterocycles. The van der Waals surface area contributed by atoms with Gasteiger partial charge in [0, 0.05) is 32.2 Å². The van der Waals surface area contributed by atoms with Gasteiger partial charge in [0.1, 0.15) is 11.7 Å². The molecular weight excluding hydrogens is 498 g/mol. The van der Waals surface area contributed by atoms with Crippen LogP contribution < -0.4 is 20.1 Å². The van der Waals surface area contributed by atoms with Crippen LogP contribution in [0, 0.1) is 5.92 Å². The largest absolute Gasteiger partial charge is 0.454 e. The average Bonchev–Trinajstić information content (AvgIpc) is 3.55. The van der Waals surface area contributed by atoms with Gasteiger partial charge in [0.2, 0.25) is 12.7 Å². The van der Waals surface area contributed by atoms with Crippen molar-refractivity contribution in [2.45, 2.75) is 52.4 Å². The van der Waals surface area contributed by atoms with Crippen LogP contribution in [-0.4, -0.2) is 51.8 Å². The van der Waals surface area contributed by atoms with Gasteiger partial charge in [-0.1, -0.05) is 50.2 Å². The molecule has 3 amide bonds. The fourth-order valence-corrected chi connectivity index (χ4v) is 4.80. The third-order valence-electron chi connectivity index (χ3n) is 6.77. The highest BCUT2D eigenvalue weighted by Crippen LogP contribution is 2.32. The van der Waals surface area contributed by atoms with E-state index in [4.69, 9.17) is 9.47 Å². The zero-order chi connectivity index (χ0) is 27.4. The molecule has 0 unspecified atom stereocenters. The number of carbonyl (C=O) groups is 3. The first-order valence-electron chi connectivity index (χ1n) is 13.3. The smallest absolute Gasteiger partial charge is 0.272 e. The third-order valence-corrected chi connectivity index (χ3v) is 6.77. The number of nitrogens with zero attached hydrogens (tertiary/aromatic N) is 3. The number of ether oxygens (including phenoxy) is 2. The molecule has 0 saturated heterocycles. The minimum atomic E-state index is -0.752. The van der Waals surface area contributed by atoms with E-state index in [1.165, 1.54) is 6.07 Å². The first-order valence-corrected chi connectivity index (χ1v) is 13.3. The maximum Gasteiger partial charge on any atom is 0.272 e. The Morgan fingerprint density at radius 1 is 1.00 bits per heavy atom. The Morgan fingerprint density at radius 3 is 2.59 bits per heavy atom. The summed E-state index contributed by atoms with van der Waals surface area (Å²) in [5.74, 6) is 0.546. The van der Waals surface area contributed by atoms with Crippen molar-refractivity contribution in [2.75, 3.05) is 13.3 Å². The van der Waals surface area contributed by atoms with Gasteiger partial charge in [-0.3, -0.25) is 19.1 Å². The van der Waals surface area contributed by atoms with Crippen LogP contribution in [-0.2, 0) is 24.4 Å². The van der Waals surface area contributed by atoms with Gasteiger partial charge in [0.15, 0.2) is 17.2 Å². The van der Waals surface area contributed by atoms with Crippen LogP contribution in [0.2, 0.25) is 0 Å². The van der Waals surface area contributed by atoms with E-state index in [2.05, 4.69) is 15.7 Å². The molecule has 2 N–H and O–H groups in total. The minimum Gasteiger partial charge on any atom is -0.454 e. The second kappa shape index (κ2) is 11.6. The average molecular weight is 532 g/mol. The lowest BCUT2D eigenvalue weighted by Gasteiger charge is -2.20. The van der Waals surface area contributed by atoms with Crippen molar-refractivity contribution in [3.8, 4) is 11.5 Å². The lowest BCUT2D eigenvalue weighted by atomic mass is 10.0. The van der Waals surface area contributed by atoms with E-state index in [9.17, 15) is 14.4 Å². The Kier molecular flexibility index (Phi) is 7.81. The van der Waals surface area contributed by atoms with Gasteiger partial charge in [0.05, 0.1) is 0 Å². The van der Waals surface area contributed by atoms with E-state index in [0.717, 1.165) is 17.5 Å². The zero-order valence-electron chi connectivity index (χ0n) is 22.2. The minimum absolute atomic E-state index is 0.122. The van der Waals surface area contributed by atoms with Gasteiger partial charge in [-0.25, -0.2) is 0 Å². The number of aromatic nitrogens is 2. The molecule has 0 bridgehead atoms. The molecule has 2 aromatic carbocycles. The number of hydrogen-bond donors (Lipinski definition) is 2. The molecular formula is C29H33N5O5. The molecule has 3 heterocycles. The maximum atomic E-state index is 13.3. The summed E-state index contributed by atoms with van der Waals surface area (Å²) in [4.78, 5) is 41.4. The van der Waals surface area contributed by atoms with Gasteiger partial charge < -0.3 is 25.0 Å². The van der Waals surface area contributed by atoms with Crippen LogP contribution in [0.5, 0.6) is 11.5 Å². The summed E-state index contributed by atoms with van der Waals surface area (Å²) in [6.07, 6.45) is 1.18. The standard InChI is InChI=1S/C29H33N5O5/c1-19(2)13-22(27(35)30-16-21-9-10-25-26(14-21)39-18-38-25)31-28(36)23-15-24-29(37)33(11-6-12-34(24)32-23)17-20-7-4-3-5-8-20/h3-5,7-10,14-15,19,22H,6,11-13,16-18H2,1-2H3,(H,30,35)(H,31,36)/t22-/m1/s1. The van der Waals surface area contributed by atoms with Crippen LogP contribution >= 0.6 is 0 Å². The van der Waals surface area contributed by atoms with E-state index in [0.29, 0.717) is 43.2 Å². The first kappa shape index (κ1) is 26.3. The number of fused-ring (bicyclic) bond motifs is 2. The van der Waals surface area contributed by atoms with Crippen LogP contribution in [0.15, 0.2) is 54.6 Å². The first-order chi connectivity index (χ1) is 18.9. The van der Waals surface area contributed by atoms with Crippen molar-refractivity contribution in [3.05, 3.63) is 77.1 Å². The van der Waals surface area contributed by atoms with Crippen molar-refractivity contribution in [1.82, 2.24) is 25.3 Å². The fraction of sp³-hybridized carbons (Fsp3) is 0.379. The Morgan fingerprint density at radius 2 is 1.79 bits per heavy atom. The Hall–Kier alpha value is -4.34. The molecule has 3 aromatic rings. The number of nitrogens with one attached hydrogen (secondary N) is 2. The molecule has 0 fully saturated rings. The molecule has 2 aliphatic heterocycles. The highest BCUT2D eigenvalue weighted by atomic mass is 16.7. The van der Waals surface area contributed by atoms with Gasteiger partial charge in [-0.2, -0.15) is 5.10 Å². The lowest BCUT2D eigenvalue weighted by molar-refractivity contribution is -0.123. The summed E-state index contributed by atoms with van der Waals surface area (Å²) in [7, 11) is 0. The van der Waals surface area contributed by atoms with E-state index >= 15 is 0 Å². The molecule has 10 heteroatoms. The van der Waals surface area contributed by atoms with Crippen molar-refractivity contribution < 1.29 is 23.9 Å². The summed E-state index contributed by atoms with van der Waals surface area (Å²) in [6.45, 7) is 6.08. The van der Waals surface area contributed by atoms with E-state index in [1.807, 2.05) is 62.4 Å². The van der Waals surface area contributed by atoms with Crippen LogP contribution in [0.4, 0.5) is 0 Å². The monoisotopic (exact) mass is 531 g/mol. The highest BCUT2D eigenvalue weighted by Gasteiger charge is 2.28. The zero-order valence-corrected chi connectivity index (χ0v) is 22.2. The summed E-state index contributed by atoms with van der Waals surface area (Å²) >= 11 is 0. The van der Waals surface area contributed by atoms with Gasteiger partial charge >= 0.3 is 0 Å². The quantitative estimate of drug-likeness (QED) is 0.439. The molecule has 10 nitrogen and oxygen atoms in total. The predicted octanol–water partition coefficient (Wildman–Crippen LogP) is 3.12. The number of carbonyl (C=O) groups excluding carboxylic acids is 3. The van der Waals surface area contributed by atoms with Crippen molar-refractivity contribution >= 4 is 17.7 Å². The summed E-state index contributed by atoms with van der Waals surface area (Å²) in [5, 5.41) is 10.2. The topological polar surface area (TPSA) is 115 Å². The second-order valence-electron chi connectivity index (χ2n) is 10.3. The Labute approximate surface area is 227 Å². The Balaban J connectivity index is 1.25. The second-order valence-corrected chi connectivity index (χ2v) is 10.3. The molecule has 39 heavy (non-hydrogen) atoms. The SMILES string of the molecule is CC(C)C[C@@H](NC(=O)c1cc2n(n1)CCCN(Cc1ccccc1)C2=O)C(=O)NCc1ccc2c(c1)OCO2. The molecule has 1 atom stereocenters. The third kappa shape index (κ3) is 6.22. The van der Waals surface area contributed by atoms with Crippen molar-refractivity contribution in [3.63, 3.8) is 0 Å².